The summed E-state index contributed by atoms with van der Waals surface area (Å²) in [7, 11) is 0. The number of aromatic nitrogens is 2. The van der Waals surface area contributed by atoms with Crippen LogP contribution in [0.1, 0.15) is 26.3 Å². The maximum Gasteiger partial charge on any atom is 0.152 e. The molecule has 23 heavy (non-hydrogen) atoms. The fourth-order valence-corrected chi connectivity index (χ4v) is 3.17. The molecule has 3 heterocycles. The lowest BCUT2D eigenvalue weighted by Gasteiger charge is -2.35. The minimum absolute atomic E-state index is 0.0284. The van der Waals surface area contributed by atoms with E-state index in [1.165, 1.54) is 0 Å². The zero-order chi connectivity index (χ0) is 16.6. The fraction of sp³-hybridized carbons (Fsp3) is 0.529. The summed E-state index contributed by atoms with van der Waals surface area (Å²) in [6, 6.07) is 0.218. The Kier molecular flexibility index (Phi) is 4.60. The Morgan fingerprint density at radius 1 is 1.39 bits per heavy atom. The van der Waals surface area contributed by atoms with Crippen molar-refractivity contribution in [2.75, 3.05) is 24.7 Å². The first-order valence-corrected chi connectivity index (χ1v) is 8.31. The first-order valence-electron chi connectivity index (χ1n) is 7.94. The second-order valence-electron chi connectivity index (χ2n) is 6.21. The van der Waals surface area contributed by atoms with Gasteiger partial charge in [0.2, 0.25) is 0 Å². The Bertz CT molecular complexity index is 721. The van der Waals surface area contributed by atoms with Gasteiger partial charge in [0.15, 0.2) is 11.6 Å². The van der Waals surface area contributed by atoms with Crippen LogP contribution in [0.15, 0.2) is 12.4 Å². The van der Waals surface area contributed by atoms with Crippen LogP contribution in [-0.2, 0) is 4.74 Å². The highest BCUT2D eigenvalue weighted by Crippen LogP contribution is 2.41. The normalized spacial score (nSPS) is 18.7. The number of nitrogens with zero attached hydrogens (tertiary/aromatic N) is 3. The number of ether oxygens (including phenoxy) is 2. The highest BCUT2D eigenvalue weighted by atomic mass is 35.5. The van der Waals surface area contributed by atoms with Gasteiger partial charge in [-0.15, -0.1) is 0 Å². The molecule has 1 saturated heterocycles. The Hall–Kier alpha value is -1.59. The van der Waals surface area contributed by atoms with Crippen molar-refractivity contribution < 1.29 is 9.47 Å². The summed E-state index contributed by atoms with van der Waals surface area (Å²) in [6.07, 6.45) is 3.60. The Morgan fingerprint density at radius 3 is 2.87 bits per heavy atom. The van der Waals surface area contributed by atoms with Gasteiger partial charge in [0.25, 0.3) is 0 Å². The van der Waals surface area contributed by atoms with Crippen LogP contribution in [0.4, 0.5) is 5.82 Å². The van der Waals surface area contributed by atoms with Crippen LogP contribution in [0, 0.1) is 6.92 Å². The highest BCUT2D eigenvalue weighted by molar-refractivity contribution is 6.35. The van der Waals surface area contributed by atoms with E-state index in [0.717, 1.165) is 28.8 Å². The third kappa shape index (κ3) is 3.08. The van der Waals surface area contributed by atoms with Crippen molar-refractivity contribution in [1.29, 1.82) is 0 Å². The molecule has 6 heteroatoms. The molecule has 0 spiro atoms. The minimum atomic E-state index is 0.0284. The molecule has 1 aliphatic heterocycles. The highest BCUT2D eigenvalue weighted by Gasteiger charge is 2.26. The van der Waals surface area contributed by atoms with E-state index in [1.54, 1.807) is 6.20 Å². The molecule has 0 N–H and O–H groups in total. The number of anilines is 1. The van der Waals surface area contributed by atoms with E-state index < -0.39 is 0 Å². The monoisotopic (exact) mass is 335 g/mol. The van der Waals surface area contributed by atoms with Crippen LogP contribution in [0.3, 0.4) is 0 Å². The predicted octanol–water partition coefficient (Wildman–Crippen LogP) is 3.60. The molecule has 0 bridgehead atoms. The minimum Gasteiger partial charge on any atom is -0.489 e. The SMILES string of the molecule is Cc1cncc2nc(N3CCOC[C@H]3C)c(Cl)c(OC(C)C)c12. The van der Waals surface area contributed by atoms with Crippen LogP contribution in [0.25, 0.3) is 10.9 Å². The molecular weight excluding hydrogens is 314 g/mol. The summed E-state index contributed by atoms with van der Waals surface area (Å²) in [6.45, 7) is 10.2. The molecule has 1 atom stereocenters. The number of morpholine rings is 1. The first kappa shape index (κ1) is 16.3. The van der Waals surface area contributed by atoms with E-state index in [4.69, 9.17) is 26.1 Å². The first-order chi connectivity index (χ1) is 11.0. The van der Waals surface area contributed by atoms with Gasteiger partial charge in [0.05, 0.1) is 42.5 Å². The van der Waals surface area contributed by atoms with Gasteiger partial charge in [-0.25, -0.2) is 4.98 Å². The molecule has 0 unspecified atom stereocenters. The van der Waals surface area contributed by atoms with E-state index >= 15 is 0 Å². The average molecular weight is 336 g/mol. The summed E-state index contributed by atoms with van der Waals surface area (Å²) in [5, 5.41) is 1.50. The number of halogens is 1. The number of hydrogen-bond donors (Lipinski definition) is 0. The van der Waals surface area contributed by atoms with Gasteiger partial charge in [-0.1, -0.05) is 11.6 Å². The van der Waals surface area contributed by atoms with E-state index in [2.05, 4.69) is 16.8 Å². The second-order valence-corrected chi connectivity index (χ2v) is 6.59. The molecular formula is C17H22ClN3O2. The molecule has 0 radical (unpaired) electrons. The van der Waals surface area contributed by atoms with Crippen molar-refractivity contribution in [3.05, 3.63) is 23.0 Å². The van der Waals surface area contributed by atoms with E-state index in [-0.39, 0.29) is 12.1 Å². The fourth-order valence-electron chi connectivity index (χ4n) is 2.88. The Morgan fingerprint density at radius 2 is 2.17 bits per heavy atom. The molecule has 1 fully saturated rings. The van der Waals surface area contributed by atoms with Gasteiger partial charge in [-0.05, 0) is 33.3 Å². The summed E-state index contributed by atoms with van der Waals surface area (Å²) < 4.78 is 11.6. The third-order valence-electron chi connectivity index (χ3n) is 3.96. The van der Waals surface area contributed by atoms with Gasteiger partial charge < -0.3 is 14.4 Å². The maximum atomic E-state index is 6.71. The molecule has 3 rings (SSSR count). The molecule has 124 valence electrons. The second kappa shape index (κ2) is 6.49. The average Bonchev–Trinajstić information content (AvgIpc) is 2.50. The molecule has 5 nitrogen and oxygen atoms in total. The standard InChI is InChI=1S/C17H22ClN3O2/c1-10(2)23-16-14-11(3)7-19-8-13(14)20-17(15(16)18)21-5-6-22-9-12(21)4/h7-8,10,12H,5-6,9H2,1-4H3/t12-/m1/s1. The smallest absolute Gasteiger partial charge is 0.152 e. The number of fused-ring (bicyclic) bond motifs is 1. The Balaban J connectivity index is 2.21. The summed E-state index contributed by atoms with van der Waals surface area (Å²) in [5.74, 6) is 1.44. The van der Waals surface area contributed by atoms with Crippen molar-refractivity contribution in [3.8, 4) is 5.75 Å². The van der Waals surface area contributed by atoms with Crippen LogP contribution >= 0.6 is 11.6 Å². The summed E-state index contributed by atoms with van der Waals surface area (Å²) in [5.41, 5.74) is 1.81. The zero-order valence-corrected chi connectivity index (χ0v) is 14.7. The lowest BCUT2D eigenvalue weighted by Crippen LogP contribution is -2.44. The summed E-state index contributed by atoms with van der Waals surface area (Å²) in [4.78, 5) is 11.2. The zero-order valence-electron chi connectivity index (χ0n) is 14.0. The maximum absolute atomic E-state index is 6.71. The molecule has 0 aliphatic carbocycles. The van der Waals surface area contributed by atoms with Crippen LogP contribution in [0.5, 0.6) is 5.75 Å². The predicted molar refractivity (Wildman–Crippen MR) is 92.7 cm³/mol. The van der Waals surface area contributed by atoms with Crippen molar-refractivity contribution >= 4 is 28.3 Å². The number of pyridine rings is 2. The molecule has 2 aromatic rings. The number of hydrogen-bond acceptors (Lipinski definition) is 5. The van der Waals surface area contributed by atoms with Gasteiger partial charge in [0.1, 0.15) is 5.02 Å². The molecule has 2 aromatic heterocycles. The van der Waals surface area contributed by atoms with Crippen LogP contribution in [0.2, 0.25) is 5.02 Å². The van der Waals surface area contributed by atoms with E-state index in [0.29, 0.717) is 24.0 Å². The quantitative estimate of drug-likeness (QED) is 0.857. The van der Waals surface area contributed by atoms with Gasteiger partial charge >= 0.3 is 0 Å². The van der Waals surface area contributed by atoms with Crippen molar-refractivity contribution in [2.45, 2.75) is 39.8 Å². The van der Waals surface area contributed by atoms with Gasteiger partial charge in [0, 0.05) is 12.7 Å². The van der Waals surface area contributed by atoms with Crippen LogP contribution < -0.4 is 9.64 Å². The lowest BCUT2D eigenvalue weighted by atomic mass is 10.1. The van der Waals surface area contributed by atoms with Crippen molar-refractivity contribution in [1.82, 2.24) is 9.97 Å². The number of aryl methyl sites for hydroxylation is 1. The lowest BCUT2D eigenvalue weighted by molar-refractivity contribution is 0.0985. The van der Waals surface area contributed by atoms with Gasteiger partial charge in [-0.3, -0.25) is 4.98 Å². The molecule has 0 aromatic carbocycles. The largest absolute Gasteiger partial charge is 0.489 e. The van der Waals surface area contributed by atoms with E-state index in [9.17, 15) is 0 Å². The van der Waals surface area contributed by atoms with Gasteiger partial charge in [-0.2, -0.15) is 0 Å². The number of rotatable bonds is 3. The molecule has 1 aliphatic rings. The van der Waals surface area contributed by atoms with Crippen molar-refractivity contribution in [2.24, 2.45) is 0 Å². The van der Waals surface area contributed by atoms with Crippen molar-refractivity contribution in [3.63, 3.8) is 0 Å². The third-order valence-corrected chi connectivity index (χ3v) is 4.30. The summed E-state index contributed by atoms with van der Waals surface area (Å²) >= 11 is 6.71. The molecule has 0 saturated carbocycles. The Labute approximate surface area is 141 Å². The molecule has 0 amide bonds. The van der Waals surface area contributed by atoms with E-state index in [1.807, 2.05) is 27.0 Å². The van der Waals surface area contributed by atoms with Crippen LogP contribution in [-0.4, -0.2) is 41.9 Å². The topological polar surface area (TPSA) is 47.5 Å².